The van der Waals surface area contributed by atoms with Gasteiger partial charge in [-0.15, -0.1) is 0 Å². The average Bonchev–Trinajstić information content (AvgIpc) is 3.05. The molecule has 4 rings (SSSR count). The highest BCUT2D eigenvalue weighted by atomic mass is 32.2. The van der Waals surface area contributed by atoms with E-state index in [2.05, 4.69) is 4.98 Å². The normalized spacial score (nSPS) is 16.9. The molecular weight excluding hydrogens is 404 g/mol. The number of aromatic amines is 1. The number of para-hydroxylation sites is 1. The van der Waals surface area contributed by atoms with Gasteiger partial charge >= 0.3 is 5.97 Å². The second kappa shape index (κ2) is 7.70. The quantitative estimate of drug-likeness (QED) is 0.500. The number of ether oxygens (including phenoxy) is 1. The van der Waals surface area contributed by atoms with Crippen LogP contribution < -0.4 is 0 Å². The molecule has 3 aromatic rings. The number of Topliss-reactive ketones (excluding diaryl/α,β-unsaturated/α-hetero) is 1. The molecule has 0 saturated heterocycles. The Balaban J connectivity index is 1.54. The van der Waals surface area contributed by atoms with Crippen molar-refractivity contribution < 1.29 is 22.7 Å². The van der Waals surface area contributed by atoms with Crippen LogP contribution in [0.1, 0.15) is 27.2 Å². The van der Waals surface area contributed by atoms with E-state index in [1.165, 1.54) is 0 Å². The Morgan fingerprint density at radius 1 is 1.10 bits per heavy atom. The molecule has 1 aliphatic rings. The molecule has 7 nitrogen and oxygen atoms in total. The van der Waals surface area contributed by atoms with Gasteiger partial charge in [0.25, 0.3) is 0 Å². The molecule has 0 spiro atoms. The first-order chi connectivity index (χ1) is 14.3. The lowest BCUT2D eigenvalue weighted by Crippen LogP contribution is -2.49. The van der Waals surface area contributed by atoms with Gasteiger partial charge in [-0.2, -0.15) is 4.31 Å². The molecule has 0 fully saturated rings. The van der Waals surface area contributed by atoms with E-state index in [-0.39, 0.29) is 18.7 Å². The molecule has 1 N–H and O–H groups in total. The molecule has 1 aliphatic heterocycles. The highest BCUT2D eigenvalue weighted by Crippen LogP contribution is 2.27. The van der Waals surface area contributed by atoms with Crippen molar-refractivity contribution in [1.29, 1.82) is 0 Å². The molecule has 30 heavy (non-hydrogen) atoms. The fourth-order valence-electron chi connectivity index (χ4n) is 3.99. The van der Waals surface area contributed by atoms with Crippen molar-refractivity contribution in [2.75, 3.05) is 12.9 Å². The average molecular weight is 426 g/mol. The van der Waals surface area contributed by atoms with E-state index in [0.717, 1.165) is 32.6 Å². The molecule has 0 amide bonds. The number of fused-ring (bicyclic) bond motifs is 2. The number of ketones is 1. The third-order valence-electron chi connectivity index (χ3n) is 5.42. The summed E-state index contributed by atoms with van der Waals surface area (Å²) in [4.78, 5) is 28.7. The number of aryl methyl sites for hydroxylation is 1. The van der Waals surface area contributed by atoms with Crippen LogP contribution in [0.5, 0.6) is 0 Å². The van der Waals surface area contributed by atoms with Gasteiger partial charge in [-0.05, 0) is 24.1 Å². The first-order valence-corrected chi connectivity index (χ1v) is 11.4. The summed E-state index contributed by atoms with van der Waals surface area (Å²) >= 11 is 0. The summed E-state index contributed by atoms with van der Waals surface area (Å²) in [5, 5.41) is 0.764. The second-order valence-electron chi connectivity index (χ2n) is 7.50. The van der Waals surface area contributed by atoms with Gasteiger partial charge in [-0.1, -0.05) is 42.5 Å². The lowest BCUT2D eigenvalue weighted by molar-refractivity contribution is -0.147. The van der Waals surface area contributed by atoms with Crippen LogP contribution in [0.4, 0.5) is 0 Å². The minimum Gasteiger partial charge on any atom is -0.456 e. The van der Waals surface area contributed by atoms with Crippen molar-refractivity contribution in [3.05, 3.63) is 70.9 Å². The maximum absolute atomic E-state index is 12.8. The third-order valence-corrected chi connectivity index (χ3v) is 6.66. The topological polar surface area (TPSA) is 96.5 Å². The number of rotatable bonds is 5. The zero-order chi connectivity index (χ0) is 21.5. The minimum absolute atomic E-state index is 0.101. The molecule has 0 radical (unpaired) electrons. The number of hydrogen-bond donors (Lipinski definition) is 1. The van der Waals surface area contributed by atoms with Crippen molar-refractivity contribution in [1.82, 2.24) is 9.29 Å². The monoisotopic (exact) mass is 426 g/mol. The zero-order valence-corrected chi connectivity index (χ0v) is 17.5. The van der Waals surface area contributed by atoms with Crippen molar-refractivity contribution in [3.8, 4) is 0 Å². The van der Waals surface area contributed by atoms with Gasteiger partial charge in [0.1, 0.15) is 6.04 Å². The van der Waals surface area contributed by atoms with Crippen LogP contribution in [0.2, 0.25) is 0 Å². The second-order valence-corrected chi connectivity index (χ2v) is 9.43. The Kier molecular flexibility index (Phi) is 5.21. The molecule has 2 heterocycles. The summed E-state index contributed by atoms with van der Waals surface area (Å²) < 4.78 is 31.0. The van der Waals surface area contributed by atoms with Crippen LogP contribution in [-0.2, 0) is 32.5 Å². The van der Waals surface area contributed by atoms with Gasteiger partial charge in [0.2, 0.25) is 15.8 Å². The number of carbonyl (C=O) groups is 2. The number of nitrogens with zero attached hydrogens (tertiary/aromatic N) is 1. The minimum atomic E-state index is -3.64. The molecule has 156 valence electrons. The molecule has 1 unspecified atom stereocenters. The number of carbonyl (C=O) groups excluding carboxylic acids is 2. The highest BCUT2D eigenvalue weighted by Gasteiger charge is 2.38. The SMILES string of the molecule is Cc1[nH]c2ccccc2c1C(=O)COC(=O)C1Cc2ccccc2CN1S(C)(=O)=O. The van der Waals surface area contributed by atoms with Gasteiger partial charge in [0.05, 0.1) is 6.26 Å². The number of esters is 1. The van der Waals surface area contributed by atoms with E-state index in [1.54, 1.807) is 6.92 Å². The third kappa shape index (κ3) is 3.76. The molecule has 0 saturated carbocycles. The van der Waals surface area contributed by atoms with Crippen LogP contribution in [-0.4, -0.2) is 48.4 Å². The van der Waals surface area contributed by atoms with Gasteiger partial charge in [-0.25, -0.2) is 8.42 Å². The lowest BCUT2D eigenvalue weighted by atomic mass is 9.96. The summed E-state index contributed by atoms with van der Waals surface area (Å²) in [5.74, 6) is -1.05. The van der Waals surface area contributed by atoms with Crippen LogP contribution >= 0.6 is 0 Å². The van der Waals surface area contributed by atoms with Gasteiger partial charge in [0.15, 0.2) is 6.61 Å². The van der Waals surface area contributed by atoms with Crippen LogP contribution in [0.25, 0.3) is 10.9 Å². The summed E-state index contributed by atoms with van der Waals surface area (Å²) in [7, 11) is -3.64. The first-order valence-electron chi connectivity index (χ1n) is 9.56. The predicted molar refractivity (Wildman–Crippen MR) is 113 cm³/mol. The van der Waals surface area contributed by atoms with Crippen LogP contribution in [0.15, 0.2) is 48.5 Å². The van der Waals surface area contributed by atoms with E-state index in [4.69, 9.17) is 4.74 Å². The summed E-state index contributed by atoms with van der Waals surface area (Å²) in [6.45, 7) is 1.44. The summed E-state index contributed by atoms with van der Waals surface area (Å²) in [6, 6.07) is 13.8. The largest absolute Gasteiger partial charge is 0.456 e. The highest BCUT2D eigenvalue weighted by molar-refractivity contribution is 7.88. The molecule has 1 atom stereocenters. The number of H-pyrrole nitrogens is 1. The van der Waals surface area contributed by atoms with E-state index in [0.29, 0.717) is 11.3 Å². The van der Waals surface area contributed by atoms with E-state index < -0.39 is 28.6 Å². The number of hydrogen-bond acceptors (Lipinski definition) is 5. The van der Waals surface area contributed by atoms with Crippen LogP contribution in [0.3, 0.4) is 0 Å². The molecule has 1 aromatic heterocycles. The molecule has 0 bridgehead atoms. The maximum atomic E-state index is 12.8. The van der Waals surface area contributed by atoms with Crippen molar-refractivity contribution in [2.24, 2.45) is 0 Å². The predicted octanol–water partition coefficient (Wildman–Crippen LogP) is 2.59. The Morgan fingerprint density at radius 2 is 1.77 bits per heavy atom. The number of sulfonamides is 1. The molecule has 8 heteroatoms. The fourth-order valence-corrected chi connectivity index (χ4v) is 4.99. The van der Waals surface area contributed by atoms with Gasteiger partial charge in [-0.3, -0.25) is 9.59 Å². The van der Waals surface area contributed by atoms with Crippen molar-refractivity contribution in [3.63, 3.8) is 0 Å². The standard InChI is InChI=1S/C22H22N2O5S/c1-14-21(17-9-5-6-10-18(17)23-14)20(25)13-29-22(26)19-11-15-7-3-4-8-16(15)12-24(19)30(2,27)28/h3-10,19,23H,11-13H2,1-2H3. The fraction of sp³-hybridized carbons (Fsp3) is 0.273. The number of benzene rings is 2. The summed E-state index contributed by atoms with van der Waals surface area (Å²) in [5.41, 5.74) is 3.77. The number of aromatic nitrogens is 1. The number of nitrogens with one attached hydrogen (secondary N) is 1. The smallest absolute Gasteiger partial charge is 0.325 e. The van der Waals surface area contributed by atoms with E-state index in [9.17, 15) is 18.0 Å². The van der Waals surface area contributed by atoms with Crippen molar-refractivity contribution in [2.45, 2.75) is 25.9 Å². The lowest BCUT2D eigenvalue weighted by Gasteiger charge is -2.33. The Hall–Kier alpha value is -2.97. The molecule has 0 aliphatic carbocycles. The Bertz CT molecular complexity index is 1250. The van der Waals surface area contributed by atoms with Gasteiger partial charge in [0, 0.05) is 35.1 Å². The first kappa shape index (κ1) is 20.3. The molecular formula is C22H22N2O5S. The maximum Gasteiger partial charge on any atom is 0.325 e. The van der Waals surface area contributed by atoms with E-state index >= 15 is 0 Å². The molecule has 2 aromatic carbocycles. The van der Waals surface area contributed by atoms with E-state index in [1.807, 2.05) is 48.5 Å². The van der Waals surface area contributed by atoms with Crippen molar-refractivity contribution >= 4 is 32.7 Å². The van der Waals surface area contributed by atoms with Gasteiger partial charge < -0.3 is 9.72 Å². The van der Waals surface area contributed by atoms with Crippen LogP contribution in [0, 0.1) is 6.92 Å². The Morgan fingerprint density at radius 3 is 2.50 bits per heavy atom. The summed E-state index contributed by atoms with van der Waals surface area (Å²) in [6.07, 6.45) is 1.28. The zero-order valence-electron chi connectivity index (χ0n) is 16.7. The Labute approximate surface area is 174 Å².